The van der Waals surface area contributed by atoms with Crippen molar-refractivity contribution in [2.24, 2.45) is 5.92 Å². The number of hydrogen-bond acceptors (Lipinski definition) is 3. The minimum absolute atomic E-state index is 0.137. The van der Waals surface area contributed by atoms with Gasteiger partial charge in [0.15, 0.2) is 0 Å². The molecular weight excluding hydrogens is 414 g/mol. The average molecular weight is 442 g/mol. The molecule has 7 heteroatoms. The Morgan fingerprint density at radius 1 is 1.10 bits per heavy atom. The van der Waals surface area contributed by atoms with Crippen LogP contribution >= 0.6 is 11.6 Å². The number of anilines is 1. The first-order valence-electron chi connectivity index (χ1n) is 10.6. The first-order valence-corrected chi connectivity index (χ1v) is 11.0. The fourth-order valence-corrected chi connectivity index (χ4v) is 3.97. The van der Waals surface area contributed by atoms with E-state index in [1.54, 1.807) is 24.3 Å². The lowest BCUT2D eigenvalue weighted by Crippen LogP contribution is -2.42. The highest BCUT2D eigenvalue weighted by atomic mass is 35.5. The van der Waals surface area contributed by atoms with E-state index >= 15 is 0 Å². The van der Waals surface area contributed by atoms with Crippen molar-refractivity contribution < 1.29 is 14.4 Å². The standard InChI is InChI=1S/C24H28ClN3O3/c1-15(2)18(16-7-9-17(25)10-8-16)13-14-26-22(29)12-11-21-24(31)27-20-6-4-3-5-19(20)23(30)28-21/h3-10,15,18,21H,11-14H2,1-2H3,(H,26,29)(H,27,31)(H,28,30)/t18-,21+/m1/s1. The summed E-state index contributed by atoms with van der Waals surface area (Å²) in [6.07, 6.45) is 1.20. The van der Waals surface area contributed by atoms with Gasteiger partial charge >= 0.3 is 0 Å². The van der Waals surface area contributed by atoms with Gasteiger partial charge in [0.05, 0.1) is 11.3 Å². The van der Waals surface area contributed by atoms with E-state index in [9.17, 15) is 14.4 Å². The van der Waals surface area contributed by atoms with E-state index in [0.29, 0.717) is 34.7 Å². The topological polar surface area (TPSA) is 87.3 Å². The van der Waals surface area contributed by atoms with Gasteiger partial charge in [0, 0.05) is 18.0 Å². The Kier molecular flexibility index (Phi) is 7.69. The van der Waals surface area contributed by atoms with Crippen LogP contribution in [0.1, 0.15) is 54.9 Å². The number of rotatable bonds is 8. The molecule has 0 bridgehead atoms. The van der Waals surface area contributed by atoms with Gasteiger partial charge in [-0.2, -0.15) is 0 Å². The van der Waals surface area contributed by atoms with Gasteiger partial charge in [-0.1, -0.05) is 49.7 Å². The lowest BCUT2D eigenvalue weighted by molar-refractivity contribution is -0.121. The fourth-order valence-electron chi connectivity index (χ4n) is 3.84. The lowest BCUT2D eigenvalue weighted by Gasteiger charge is -2.22. The molecule has 0 saturated heterocycles. The predicted octanol–water partition coefficient (Wildman–Crippen LogP) is 4.12. The molecule has 1 heterocycles. The molecule has 164 valence electrons. The lowest BCUT2D eigenvalue weighted by atomic mass is 9.86. The summed E-state index contributed by atoms with van der Waals surface area (Å²) in [5.41, 5.74) is 2.11. The summed E-state index contributed by atoms with van der Waals surface area (Å²) < 4.78 is 0. The van der Waals surface area contributed by atoms with E-state index in [-0.39, 0.29) is 30.6 Å². The van der Waals surface area contributed by atoms with Gasteiger partial charge in [0.2, 0.25) is 11.8 Å². The van der Waals surface area contributed by atoms with Crippen LogP contribution in [0.5, 0.6) is 0 Å². The highest BCUT2D eigenvalue weighted by Crippen LogP contribution is 2.28. The summed E-state index contributed by atoms with van der Waals surface area (Å²) in [6, 6.07) is 13.9. The molecule has 6 nitrogen and oxygen atoms in total. The highest BCUT2D eigenvalue weighted by molar-refractivity contribution is 6.30. The van der Waals surface area contributed by atoms with Gasteiger partial charge in [-0.05, 0) is 54.5 Å². The normalized spacial score (nSPS) is 16.7. The third-order valence-electron chi connectivity index (χ3n) is 5.59. The maximum Gasteiger partial charge on any atom is 0.254 e. The zero-order valence-electron chi connectivity index (χ0n) is 17.8. The molecule has 0 aliphatic carbocycles. The molecule has 0 saturated carbocycles. The molecule has 1 aliphatic rings. The quantitative estimate of drug-likeness (QED) is 0.575. The third kappa shape index (κ3) is 6.07. The molecule has 2 atom stereocenters. The summed E-state index contributed by atoms with van der Waals surface area (Å²) in [5, 5.41) is 9.11. The number of para-hydroxylation sites is 1. The molecule has 0 aromatic heterocycles. The second-order valence-electron chi connectivity index (χ2n) is 8.14. The maximum absolute atomic E-state index is 12.4. The third-order valence-corrected chi connectivity index (χ3v) is 5.84. The molecule has 0 unspecified atom stereocenters. The van der Waals surface area contributed by atoms with E-state index in [1.165, 1.54) is 5.56 Å². The van der Waals surface area contributed by atoms with Crippen molar-refractivity contribution in [1.82, 2.24) is 10.6 Å². The number of fused-ring (bicyclic) bond motifs is 1. The van der Waals surface area contributed by atoms with E-state index in [4.69, 9.17) is 11.6 Å². The van der Waals surface area contributed by atoms with Crippen LogP contribution in [0, 0.1) is 5.92 Å². The highest BCUT2D eigenvalue weighted by Gasteiger charge is 2.27. The van der Waals surface area contributed by atoms with Crippen molar-refractivity contribution in [3.8, 4) is 0 Å². The Morgan fingerprint density at radius 3 is 2.52 bits per heavy atom. The molecule has 0 fully saturated rings. The molecule has 2 aromatic rings. The van der Waals surface area contributed by atoms with Gasteiger partial charge in [-0.3, -0.25) is 14.4 Å². The van der Waals surface area contributed by atoms with Gasteiger partial charge in [-0.15, -0.1) is 0 Å². The summed E-state index contributed by atoms with van der Waals surface area (Å²) in [6.45, 7) is 4.86. The zero-order chi connectivity index (χ0) is 22.4. The van der Waals surface area contributed by atoms with Crippen molar-refractivity contribution in [1.29, 1.82) is 0 Å². The Labute approximate surface area is 187 Å². The number of carbonyl (C=O) groups excluding carboxylic acids is 3. The van der Waals surface area contributed by atoms with Gasteiger partial charge in [0.1, 0.15) is 6.04 Å². The molecule has 1 aliphatic heterocycles. The van der Waals surface area contributed by atoms with E-state index in [2.05, 4.69) is 29.8 Å². The van der Waals surface area contributed by atoms with Crippen LogP contribution in [0.2, 0.25) is 5.02 Å². The number of carbonyl (C=O) groups is 3. The van der Waals surface area contributed by atoms with Gasteiger partial charge in [0.25, 0.3) is 5.91 Å². The Bertz CT molecular complexity index is 943. The molecule has 31 heavy (non-hydrogen) atoms. The molecular formula is C24H28ClN3O3. The van der Waals surface area contributed by atoms with Crippen LogP contribution in [-0.2, 0) is 9.59 Å². The second-order valence-corrected chi connectivity index (χ2v) is 8.58. The summed E-state index contributed by atoms with van der Waals surface area (Å²) in [4.78, 5) is 37.1. The predicted molar refractivity (Wildman–Crippen MR) is 122 cm³/mol. The second kappa shape index (κ2) is 10.4. The van der Waals surface area contributed by atoms with Crippen molar-refractivity contribution in [2.45, 2.75) is 45.1 Å². The monoisotopic (exact) mass is 441 g/mol. The number of nitrogens with one attached hydrogen (secondary N) is 3. The number of hydrogen-bond donors (Lipinski definition) is 3. The van der Waals surface area contributed by atoms with Crippen LogP contribution in [0.15, 0.2) is 48.5 Å². The summed E-state index contributed by atoms with van der Waals surface area (Å²) in [7, 11) is 0. The Balaban J connectivity index is 1.48. The minimum Gasteiger partial charge on any atom is -0.356 e. The number of benzene rings is 2. The smallest absolute Gasteiger partial charge is 0.254 e. The molecule has 3 N–H and O–H groups in total. The first kappa shape index (κ1) is 22.8. The Morgan fingerprint density at radius 2 is 1.81 bits per heavy atom. The van der Waals surface area contributed by atoms with Gasteiger partial charge < -0.3 is 16.0 Å². The number of amides is 3. The van der Waals surface area contributed by atoms with E-state index < -0.39 is 6.04 Å². The van der Waals surface area contributed by atoms with Crippen molar-refractivity contribution in [3.05, 3.63) is 64.7 Å². The van der Waals surface area contributed by atoms with Crippen LogP contribution in [0.25, 0.3) is 0 Å². The Hall–Kier alpha value is -2.86. The zero-order valence-corrected chi connectivity index (χ0v) is 18.5. The molecule has 3 amide bonds. The summed E-state index contributed by atoms with van der Waals surface area (Å²) in [5.74, 6) is -0.0363. The first-order chi connectivity index (χ1) is 14.8. The van der Waals surface area contributed by atoms with Crippen LogP contribution in [-0.4, -0.2) is 30.3 Å². The average Bonchev–Trinajstić information content (AvgIpc) is 2.86. The number of halogens is 1. The van der Waals surface area contributed by atoms with Crippen LogP contribution in [0.4, 0.5) is 5.69 Å². The van der Waals surface area contributed by atoms with Gasteiger partial charge in [-0.25, -0.2) is 0 Å². The largest absolute Gasteiger partial charge is 0.356 e. The van der Waals surface area contributed by atoms with Crippen LogP contribution < -0.4 is 16.0 Å². The molecule has 0 radical (unpaired) electrons. The van der Waals surface area contributed by atoms with Crippen LogP contribution in [0.3, 0.4) is 0 Å². The maximum atomic E-state index is 12.4. The summed E-state index contributed by atoms with van der Waals surface area (Å²) >= 11 is 5.98. The molecule has 2 aromatic carbocycles. The molecule has 3 rings (SSSR count). The SMILES string of the molecule is CC(C)[C@@H](CCNC(=O)CC[C@@H]1NC(=O)c2ccccc2NC1=O)c1ccc(Cl)cc1. The van der Waals surface area contributed by atoms with Crippen molar-refractivity contribution >= 4 is 35.0 Å². The van der Waals surface area contributed by atoms with E-state index in [1.807, 2.05) is 24.3 Å². The van der Waals surface area contributed by atoms with Crippen molar-refractivity contribution in [2.75, 3.05) is 11.9 Å². The fraction of sp³-hybridized carbons (Fsp3) is 0.375. The van der Waals surface area contributed by atoms with Crippen molar-refractivity contribution in [3.63, 3.8) is 0 Å². The minimum atomic E-state index is -0.747. The van der Waals surface area contributed by atoms with E-state index in [0.717, 1.165) is 6.42 Å². The molecule has 0 spiro atoms.